The molecule has 1 N–H and O–H groups in total. The van der Waals surface area contributed by atoms with Crippen molar-refractivity contribution >= 4 is 29.1 Å². The van der Waals surface area contributed by atoms with E-state index >= 15 is 0 Å². The van der Waals surface area contributed by atoms with E-state index in [0.717, 1.165) is 12.1 Å². The van der Waals surface area contributed by atoms with E-state index in [1.54, 1.807) is 24.3 Å². The number of benzene rings is 2. The minimum atomic E-state index is -0.525. The lowest BCUT2D eigenvalue weighted by molar-refractivity contribution is -0.116. The molecule has 0 saturated carbocycles. The van der Waals surface area contributed by atoms with Gasteiger partial charge in [0.05, 0.1) is 23.4 Å². The maximum atomic E-state index is 13.2. The highest BCUT2D eigenvalue weighted by molar-refractivity contribution is 6.33. The highest BCUT2D eigenvalue weighted by Gasteiger charge is 2.21. The molecule has 0 aliphatic heterocycles. The van der Waals surface area contributed by atoms with Gasteiger partial charge < -0.3 is 15.0 Å². The second-order valence-electron chi connectivity index (χ2n) is 5.60. The van der Waals surface area contributed by atoms with Gasteiger partial charge in [0.25, 0.3) is 5.91 Å². The van der Waals surface area contributed by atoms with Gasteiger partial charge in [0, 0.05) is 6.54 Å². The molecule has 0 radical (unpaired) electrons. The molecule has 2 aromatic carbocycles. The molecule has 2 rings (SSSR count). The fourth-order valence-corrected chi connectivity index (χ4v) is 2.71. The Labute approximate surface area is 156 Å². The van der Waals surface area contributed by atoms with Crippen LogP contribution in [0.2, 0.25) is 5.02 Å². The molecule has 0 aliphatic carbocycles. The minimum absolute atomic E-state index is 0.0150. The number of halogens is 2. The van der Waals surface area contributed by atoms with Crippen LogP contribution in [0.4, 0.5) is 10.1 Å². The van der Waals surface area contributed by atoms with E-state index < -0.39 is 11.7 Å². The van der Waals surface area contributed by atoms with Gasteiger partial charge in [0.15, 0.2) is 0 Å². The molecule has 0 spiro atoms. The zero-order chi connectivity index (χ0) is 19.1. The van der Waals surface area contributed by atoms with Crippen molar-refractivity contribution in [2.75, 3.05) is 25.5 Å². The van der Waals surface area contributed by atoms with Crippen LogP contribution >= 0.6 is 11.6 Å². The number of anilines is 1. The van der Waals surface area contributed by atoms with Crippen LogP contribution in [0.15, 0.2) is 42.5 Å². The lowest BCUT2D eigenvalue weighted by Crippen LogP contribution is -2.38. The van der Waals surface area contributed by atoms with Crippen molar-refractivity contribution in [2.24, 2.45) is 0 Å². The molecule has 0 unspecified atom stereocenters. The first-order valence-corrected chi connectivity index (χ1v) is 8.51. The third-order valence-corrected chi connectivity index (χ3v) is 3.97. The molecular weight excluding hydrogens is 359 g/mol. The Morgan fingerprint density at radius 2 is 1.96 bits per heavy atom. The summed E-state index contributed by atoms with van der Waals surface area (Å²) in [5, 5.41) is 2.74. The van der Waals surface area contributed by atoms with Crippen molar-refractivity contribution < 1.29 is 18.7 Å². The van der Waals surface area contributed by atoms with Crippen molar-refractivity contribution in [3.63, 3.8) is 0 Å². The second-order valence-corrected chi connectivity index (χ2v) is 6.01. The summed E-state index contributed by atoms with van der Waals surface area (Å²) in [6.45, 7) is 2.11. The lowest BCUT2D eigenvalue weighted by atomic mass is 10.2. The molecule has 2 amide bonds. The van der Waals surface area contributed by atoms with Gasteiger partial charge >= 0.3 is 0 Å². The highest BCUT2D eigenvalue weighted by atomic mass is 35.5. The fourth-order valence-electron chi connectivity index (χ4n) is 2.47. The smallest absolute Gasteiger partial charge is 0.255 e. The lowest BCUT2D eigenvalue weighted by Gasteiger charge is -2.22. The van der Waals surface area contributed by atoms with E-state index in [-0.39, 0.29) is 23.0 Å². The van der Waals surface area contributed by atoms with Crippen molar-refractivity contribution in [1.82, 2.24) is 4.90 Å². The van der Waals surface area contributed by atoms with E-state index in [4.69, 9.17) is 16.3 Å². The maximum Gasteiger partial charge on any atom is 0.255 e. The number of amides is 2. The zero-order valence-corrected chi connectivity index (χ0v) is 15.3. The normalized spacial score (nSPS) is 10.3. The Balaban J connectivity index is 2.14. The van der Waals surface area contributed by atoms with Crippen molar-refractivity contribution in [2.45, 2.75) is 13.3 Å². The molecule has 26 heavy (non-hydrogen) atoms. The van der Waals surface area contributed by atoms with Gasteiger partial charge in [-0.25, -0.2) is 4.39 Å². The molecule has 5 nitrogen and oxygen atoms in total. The Hall–Kier alpha value is -2.60. The van der Waals surface area contributed by atoms with Crippen LogP contribution in [-0.2, 0) is 4.79 Å². The quantitative estimate of drug-likeness (QED) is 0.792. The van der Waals surface area contributed by atoms with Gasteiger partial charge in [-0.15, -0.1) is 0 Å². The number of nitrogens with zero attached hydrogens (tertiary/aromatic N) is 1. The zero-order valence-electron chi connectivity index (χ0n) is 14.6. The summed E-state index contributed by atoms with van der Waals surface area (Å²) >= 11 is 5.97. The van der Waals surface area contributed by atoms with Crippen LogP contribution < -0.4 is 10.1 Å². The number of ether oxygens (including phenoxy) is 1. The van der Waals surface area contributed by atoms with Crippen LogP contribution in [0.3, 0.4) is 0 Å². The second kappa shape index (κ2) is 9.20. The maximum absolute atomic E-state index is 13.2. The molecular formula is C19H20ClFN2O3. The van der Waals surface area contributed by atoms with Crippen LogP contribution in [0, 0.1) is 5.82 Å². The molecule has 0 fully saturated rings. The molecule has 0 saturated heterocycles. The van der Waals surface area contributed by atoms with E-state index in [0.29, 0.717) is 24.4 Å². The molecule has 0 heterocycles. The Kier molecular flexibility index (Phi) is 6.97. The van der Waals surface area contributed by atoms with Crippen LogP contribution in [0.5, 0.6) is 5.75 Å². The highest BCUT2D eigenvalue weighted by Crippen LogP contribution is 2.23. The third-order valence-electron chi connectivity index (χ3n) is 3.66. The van der Waals surface area contributed by atoms with Gasteiger partial charge in [0.1, 0.15) is 18.1 Å². The Bertz CT molecular complexity index is 798. The van der Waals surface area contributed by atoms with Crippen molar-refractivity contribution in [3.8, 4) is 5.75 Å². The summed E-state index contributed by atoms with van der Waals surface area (Å²) in [6.07, 6.45) is 0.659. The largest absolute Gasteiger partial charge is 0.495 e. The molecule has 0 aromatic heterocycles. The van der Waals surface area contributed by atoms with E-state index in [1.807, 2.05) is 6.92 Å². The van der Waals surface area contributed by atoms with Gasteiger partial charge in [0.2, 0.25) is 5.91 Å². The molecule has 7 heteroatoms. The molecule has 0 atom stereocenters. The Morgan fingerprint density at radius 3 is 2.62 bits per heavy atom. The number of methoxy groups -OCH3 is 1. The van der Waals surface area contributed by atoms with Crippen LogP contribution in [0.25, 0.3) is 0 Å². The first-order valence-electron chi connectivity index (χ1n) is 8.13. The standard InChI is InChI=1S/C19H20ClFN2O3/c1-3-10-23(19(25)14-9-8-13(21)11-15(14)20)12-18(24)22-16-6-4-5-7-17(16)26-2/h4-9,11H,3,10,12H2,1-2H3,(H,22,24). The molecule has 0 bridgehead atoms. The summed E-state index contributed by atoms with van der Waals surface area (Å²) in [7, 11) is 1.51. The summed E-state index contributed by atoms with van der Waals surface area (Å²) in [5.74, 6) is -0.792. The number of nitrogens with one attached hydrogen (secondary N) is 1. The number of rotatable bonds is 7. The SMILES string of the molecule is CCCN(CC(=O)Nc1ccccc1OC)C(=O)c1ccc(F)cc1Cl. The average Bonchev–Trinajstić information content (AvgIpc) is 2.61. The van der Waals surface area contributed by atoms with Crippen LogP contribution in [-0.4, -0.2) is 36.9 Å². The van der Waals surface area contributed by atoms with Crippen molar-refractivity contribution in [3.05, 3.63) is 58.9 Å². The van der Waals surface area contributed by atoms with Crippen molar-refractivity contribution in [1.29, 1.82) is 0 Å². The number of hydrogen-bond donors (Lipinski definition) is 1. The molecule has 138 valence electrons. The van der Waals surface area contributed by atoms with E-state index in [1.165, 1.54) is 18.1 Å². The van der Waals surface area contributed by atoms with E-state index in [2.05, 4.69) is 5.32 Å². The van der Waals surface area contributed by atoms with Gasteiger partial charge in [-0.05, 0) is 36.8 Å². The topological polar surface area (TPSA) is 58.6 Å². The number of para-hydroxylation sites is 2. The number of carbonyl (C=O) groups is 2. The van der Waals surface area contributed by atoms with Gasteiger partial charge in [-0.1, -0.05) is 30.7 Å². The van der Waals surface area contributed by atoms with Gasteiger partial charge in [-0.2, -0.15) is 0 Å². The monoisotopic (exact) mass is 378 g/mol. The summed E-state index contributed by atoms with van der Waals surface area (Å²) in [5.41, 5.74) is 0.676. The third kappa shape index (κ3) is 4.95. The number of hydrogen-bond acceptors (Lipinski definition) is 3. The molecule has 2 aromatic rings. The molecule has 0 aliphatic rings. The number of carbonyl (C=O) groups excluding carboxylic acids is 2. The summed E-state index contributed by atoms with van der Waals surface area (Å²) < 4.78 is 18.4. The summed E-state index contributed by atoms with van der Waals surface area (Å²) in [6, 6.07) is 10.6. The summed E-state index contributed by atoms with van der Waals surface area (Å²) in [4.78, 5) is 26.5. The minimum Gasteiger partial charge on any atom is -0.495 e. The van der Waals surface area contributed by atoms with Gasteiger partial charge in [-0.3, -0.25) is 9.59 Å². The first-order chi connectivity index (χ1) is 12.5. The fraction of sp³-hybridized carbons (Fsp3) is 0.263. The predicted molar refractivity (Wildman–Crippen MR) is 99.2 cm³/mol. The Morgan fingerprint density at radius 1 is 1.23 bits per heavy atom. The van der Waals surface area contributed by atoms with E-state index in [9.17, 15) is 14.0 Å². The van der Waals surface area contributed by atoms with Crippen LogP contribution in [0.1, 0.15) is 23.7 Å². The average molecular weight is 379 g/mol. The predicted octanol–water partition coefficient (Wildman–Crippen LogP) is 3.98. The first kappa shape index (κ1) is 19.7.